The molecule has 2 N–H and O–H groups in total. The molecule has 0 aliphatic heterocycles. The number of thiophene rings is 1. The van der Waals surface area contributed by atoms with Crippen LogP contribution in [0.1, 0.15) is 18.1 Å². The van der Waals surface area contributed by atoms with E-state index in [9.17, 15) is 13.2 Å². The van der Waals surface area contributed by atoms with Crippen LogP contribution in [0.25, 0.3) is 0 Å². The lowest BCUT2D eigenvalue weighted by Gasteiger charge is -2.09. The molecule has 2 rings (SSSR count). The number of amides is 1. The van der Waals surface area contributed by atoms with Gasteiger partial charge in [-0.15, -0.1) is 11.3 Å². The van der Waals surface area contributed by atoms with E-state index >= 15 is 0 Å². The van der Waals surface area contributed by atoms with Crippen molar-refractivity contribution >= 4 is 43.9 Å². The van der Waals surface area contributed by atoms with Crippen molar-refractivity contribution < 1.29 is 13.2 Å². The van der Waals surface area contributed by atoms with Gasteiger partial charge in [-0.25, -0.2) is 8.42 Å². The Kier molecular flexibility index (Phi) is 5.67. The van der Waals surface area contributed by atoms with Crippen LogP contribution in [0, 0.1) is 6.92 Å². The number of carbonyl (C=O) groups is 1. The van der Waals surface area contributed by atoms with Gasteiger partial charge in [0.15, 0.2) is 0 Å². The number of carbonyl (C=O) groups excluding carboxylic acids is 1. The molecule has 1 aromatic heterocycles. The quantitative estimate of drug-likeness (QED) is 0.817. The van der Waals surface area contributed by atoms with Crippen molar-refractivity contribution in [1.82, 2.24) is 5.32 Å². The molecule has 0 saturated carbocycles. The first-order valence-electron chi connectivity index (χ1n) is 6.89. The predicted molar refractivity (Wildman–Crippen MR) is 93.7 cm³/mol. The average molecular weight is 373 g/mol. The van der Waals surface area contributed by atoms with Crippen LogP contribution in [0.4, 0.5) is 5.00 Å². The maximum absolute atomic E-state index is 12.5. The SMILES string of the molecule is CC(=O)NCCc1csc(NS(=O)(=O)c2cccc(Cl)c2C)c1. The van der Waals surface area contributed by atoms with Crippen LogP contribution in [0.5, 0.6) is 0 Å². The van der Waals surface area contributed by atoms with Crippen LogP contribution >= 0.6 is 22.9 Å². The van der Waals surface area contributed by atoms with Crippen molar-refractivity contribution in [3.63, 3.8) is 0 Å². The third-order valence-electron chi connectivity index (χ3n) is 3.18. The molecule has 5 nitrogen and oxygen atoms in total. The number of benzene rings is 1. The van der Waals surface area contributed by atoms with E-state index in [0.717, 1.165) is 5.56 Å². The summed E-state index contributed by atoms with van der Waals surface area (Å²) in [5.74, 6) is -0.0856. The zero-order chi connectivity index (χ0) is 17.0. The Balaban J connectivity index is 2.11. The summed E-state index contributed by atoms with van der Waals surface area (Å²) in [6, 6.07) is 6.55. The molecule has 124 valence electrons. The van der Waals surface area contributed by atoms with Gasteiger partial charge in [-0.3, -0.25) is 9.52 Å². The molecule has 0 atom stereocenters. The van der Waals surface area contributed by atoms with Crippen molar-refractivity contribution in [2.24, 2.45) is 0 Å². The first kappa shape index (κ1) is 17.8. The van der Waals surface area contributed by atoms with Gasteiger partial charge in [0.2, 0.25) is 5.91 Å². The number of sulfonamides is 1. The monoisotopic (exact) mass is 372 g/mol. The highest BCUT2D eigenvalue weighted by molar-refractivity contribution is 7.93. The minimum Gasteiger partial charge on any atom is -0.356 e. The number of halogens is 1. The second-order valence-electron chi connectivity index (χ2n) is 5.02. The Morgan fingerprint density at radius 3 is 2.78 bits per heavy atom. The molecular formula is C15H17ClN2O3S2. The molecule has 1 heterocycles. The van der Waals surface area contributed by atoms with E-state index < -0.39 is 10.0 Å². The van der Waals surface area contributed by atoms with E-state index in [0.29, 0.717) is 28.6 Å². The van der Waals surface area contributed by atoms with Crippen LogP contribution < -0.4 is 10.0 Å². The number of hydrogen-bond acceptors (Lipinski definition) is 4. The first-order valence-corrected chi connectivity index (χ1v) is 9.63. The van der Waals surface area contributed by atoms with Crippen LogP contribution in [0.15, 0.2) is 34.5 Å². The molecule has 2 aromatic rings. The third kappa shape index (κ3) is 4.70. The summed E-state index contributed by atoms with van der Waals surface area (Å²) in [7, 11) is -3.68. The zero-order valence-electron chi connectivity index (χ0n) is 12.7. The van der Waals surface area contributed by atoms with Gasteiger partial charge in [0.05, 0.1) is 4.90 Å². The van der Waals surface area contributed by atoms with Gasteiger partial charge in [-0.2, -0.15) is 0 Å². The van der Waals surface area contributed by atoms with E-state index in [-0.39, 0.29) is 10.8 Å². The molecule has 8 heteroatoms. The number of nitrogens with one attached hydrogen (secondary N) is 2. The van der Waals surface area contributed by atoms with Crippen molar-refractivity contribution in [2.45, 2.75) is 25.2 Å². The molecule has 0 fully saturated rings. The summed E-state index contributed by atoms with van der Waals surface area (Å²) >= 11 is 7.29. The van der Waals surface area contributed by atoms with Crippen LogP contribution in [0.3, 0.4) is 0 Å². The zero-order valence-corrected chi connectivity index (χ0v) is 15.1. The first-order chi connectivity index (χ1) is 10.8. The summed E-state index contributed by atoms with van der Waals surface area (Å²) in [5, 5.41) is 5.51. The highest BCUT2D eigenvalue weighted by Gasteiger charge is 2.19. The molecule has 0 saturated heterocycles. The van der Waals surface area contributed by atoms with Crippen LogP contribution in [-0.4, -0.2) is 20.9 Å². The Hall–Kier alpha value is -1.57. The fraction of sp³-hybridized carbons (Fsp3) is 0.267. The molecular weight excluding hydrogens is 356 g/mol. The molecule has 0 aliphatic carbocycles. The summed E-state index contributed by atoms with van der Waals surface area (Å²) in [6.07, 6.45) is 0.647. The molecule has 1 aromatic carbocycles. The predicted octanol–water partition coefficient (Wildman–Crippen LogP) is 3.19. The molecule has 0 spiro atoms. The third-order valence-corrected chi connectivity index (χ3v) is 6.13. The van der Waals surface area contributed by atoms with Gasteiger partial charge in [0.1, 0.15) is 5.00 Å². The van der Waals surface area contributed by atoms with E-state index in [1.807, 2.05) is 5.38 Å². The van der Waals surface area contributed by atoms with Gasteiger partial charge in [0.25, 0.3) is 10.0 Å². The summed E-state index contributed by atoms with van der Waals surface area (Å²) < 4.78 is 27.5. The number of anilines is 1. The van der Waals surface area contributed by atoms with E-state index in [1.165, 1.54) is 24.3 Å². The average Bonchev–Trinajstić information content (AvgIpc) is 2.88. The summed E-state index contributed by atoms with van der Waals surface area (Å²) in [4.78, 5) is 11.0. The molecule has 1 amide bonds. The minimum absolute atomic E-state index is 0.0856. The summed E-state index contributed by atoms with van der Waals surface area (Å²) in [5.41, 5.74) is 1.48. The van der Waals surface area contributed by atoms with Crippen LogP contribution in [0.2, 0.25) is 5.02 Å². The topological polar surface area (TPSA) is 75.3 Å². The lowest BCUT2D eigenvalue weighted by Crippen LogP contribution is -2.22. The molecule has 0 bridgehead atoms. The molecule has 23 heavy (non-hydrogen) atoms. The van der Waals surface area contributed by atoms with Crippen LogP contribution in [-0.2, 0) is 21.2 Å². The van der Waals surface area contributed by atoms with Gasteiger partial charge >= 0.3 is 0 Å². The molecule has 0 radical (unpaired) electrons. The minimum atomic E-state index is -3.68. The number of hydrogen-bond donors (Lipinski definition) is 2. The normalized spacial score (nSPS) is 11.3. The number of rotatable bonds is 6. The van der Waals surface area contributed by atoms with E-state index in [1.54, 1.807) is 25.1 Å². The fourth-order valence-electron chi connectivity index (χ4n) is 2.01. The maximum Gasteiger partial charge on any atom is 0.262 e. The Bertz CT molecular complexity index is 816. The highest BCUT2D eigenvalue weighted by Crippen LogP contribution is 2.27. The Morgan fingerprint density at radius 2 is 2.09 bits per heavy atom. The maximum atomic E-state index is 12.5. The standard InChI is InChI=1S/C15H17ClN2O3S2/c1-10-13(16)4-3-5-14(10)23(20,21)18-15-8-12(9-22-15)6-7-17-11(2)19/h3-5,8-9,18H,6-7H2,1-2H3,(H,17,19). The van der Waals surface area contributed by atoms with Crippen molar-refractivity contribution in [3.05, 3.63) is 45.8 Å². The Morgan fingerprint density at radius 1 is 1.35 bits per heavy atom. The Labute approximate surface area is 144 Å². The van der Waals surface area contributed by atoms with Crippen molar-refractivity contribution in [2.75, 3.05) is 11.3 Å². The fourth-order valence-corrected chi connectivity index (χ4v) is 4.65. The second-order valence-corrected chi connectivity index (χ2v) is 7.99. The summed E-state index contributed by atoms with van der Waals surface area (Å²) in [6.45, 7) is 3.65. The lowest BCUT2D eigenvalue weighted by molar-refractivity contribution is -0.118. The van der Waals surface area contributed by atoms with E-state index in [2.05, 4.69) is 10.0 Å². The van der Waals surface area contributed by atoms with Crippen molar-refractivity contribution in [3.8, 4) is 0 Å². The highest BCUT2D eigenvalue weighted by atomic mass is 35.5. The molecule has 0 unspecified atom stereocenters. The van der Waals surface area contributed by atoms with E-state index in [4.69, 9.17) is 11.6 Å². The lowest BCUT2D eigenvalue weighted by atomic mass is 10.2. The second kappa shape index (κ2) is 7.33. The van der Waals surface area contributed by atoms with Gasteiger partial charge in [-0.05, 0) is 48.1 Å². The van der Waals surface area contributed by atoms with Gasteiger partial charge in [0, 0.05) is 18.5 Å². The smallest absolute Gasteiger partial charge is 0.262 e. The molecule has 0 aliphatic rings. The van der Waals surface area contributed by atoms with Crippen molar-refractivity contribution in [1.29, 1.82) is 0 Å². The largest absolute Gasteiger partial charge is 0.356 e. The van der Waals surface area contributed by atoms with Gasteiger partial charge in [-0.1, -0.05) is 17.7 Å². The van der Waals surface area contributed by atoms with Gasteiger partial charge < -0.3 is 5.32 Å².